The van der Waals surface area contributed by atoms with Crippen molar-refractivity contribution in [1.82, 2.24) is 0 Å². The van der Waals surface area contributed by atoms with Gasteiger partial charge in [0.05, 0.1) is 12.7 Å². The Bertz CT molecular complexity index is 574. The molecule has 5 atom stereocenters. The summed E-state index contributed by atoms with van der Waals surface area (Å²) in [6, 6.07) is -0.671. The second kappa shape index (κ2) is 10.1. The van der Waals surface area contributed by atoms with E-state index in [-0.39, 0.29) is 0 Å². The standard InChI is InChI=1S/C8H18BO11P3S2/c1-24-25-4-17-6-2-8(9)19-7(6)3-18-23(15,16)20-22(13,14)5-21(10,11)12/h6-8H,2-5H2,1H3,(H,13,14)(H,15,16)(H2,10,11,12)/t6-,7+,8+/m0/s1. The summed E-state index contributed by atoms with van der Waals surface area (Å²) in [5.41, 5.74) is 0. The first-order valence-corrected chi connectivity index (χ1v) is 14.4. The molecular weight excluding hydrogens is 440 g/mol. The molecule has 1 fully saturated rings. The first kappa shape index (κ1) is 24.2. The highest BCUT2D eigenvalue weighted by Gasteiger charge is 2.41. The first-order chi connectivity index (χ1) is 11.3. The maximum atomic E-state index is 11.7. The SMILES string of the molecule is [B][C@H]1C[C@H](OCSSC)[C@@H](COP(=O)(O)OP(=O)(O)CP(=O)(O)O)O1. The summed E-state index contributed by atoms with van der Waals surface area (Å²) in [6.07, 6.45) is 0.832. The second-order valence-corrected chi connectivity index (χ2v) is 12.9. The fourth-order valence-corrected chi connectivity index (χ4v) is 6.97. The Balaban J connectivity index is 2.57. The highest BCUT2D eigenvalue weighted by molar-refractivity contribution is 8.76. The summed E-state index contributed by atoms with van der Waals surface area (Å²) in [4.78, 5) is 36.0. The van der Waals surface area contributed by atoms with Gasteiger partial charge in [-0.05, 0) is 12.7 Å². The quantitative estimate of drug-likeness (QED) is 0.114. The molecule has 2 radical (unpaired) electrons. The molecule has 0 spiro atoms. The van der Waals surface area contributed by atoms with Crippen LogP contribution in [0.1, 0.15) is 6.42 Å². The molecular formula is C8H18BO11P3S2. The lowest BCUT2D eigenvalue weighted by Gasteiger charge is -2.21. The van der Waals surface area contributed by atoms with E-state index in [1.165, 1.54) is 21.6 Å². The van der Waals surface area contributed by atoms with E-state index in [1.54, 1.807) is 0 Å². The Morgan fingerprint density at radius 2 is 1.88 bits per heavy atom. The Morgan fingerprint density at radius 1 is 1.24 bits per heavy atom. The molecule has 1 aliphatic heterocycles. The van der Waals surface area contributed by atoms with Crippen LogP contribution in [0.2, 0.25) is 0 Å². The minimum absolute atomic E-state index is 0.316. The normalized spacial score (nSPS) is 29.2. The number of hydrogen-bond acceptors (Lipinski definition) is 9. The number of ether oxygens (including phenoxy) is 2. The first-order valence-electron chi connectivity index (χ1n) is 6.57. The molecule has 11 nitrogen and oxygen atoms in total. The van der Waals surface area contributed by atoms with Crippen LogP contribution in [0.15, 0.2) is 0 Å². The van der Waals surface area contributed by atoms with Crippen molar-refractivity contribution in [3.8, 4) is 0 Å². The zero-order chi connectivity index (χ0) is 19.3. The predicted molar refractivity (Wildman–Crippen MR) is 93.5 cm³/mol. The van der Waals surface area contributed by atoms with Gasteiger partial charge in [-0.3, -0.25) is 13.7 Å². The van der Waals surface area contributed by atoms with Gasteiger partial charge in [-0.1, -0.05) is 21.6 Å². The molecule has 0 aromatic rings. The molecule has 0 bridgehead atoms. The third kappa shape index (κ3) is 10.3. The van der Waals surface area contributed by atoms with E-state index < -0.39 is 53.7 Å². The van der Waals surface area contributed by atoms with Crippen LogP contribution in [-0.4, -0.2) is 70.3 Å². The zero-order valence-electron chi connectivity index (χ0n) is 12.9. The lowest BCUT2D eigenvalue weighted by Crippen LogP contribution is -2.28. The summed E-state index contributed by atoms with van der Waals surface area (Å²) in [6.45, 7) is -0.536. The van der Waals surface area contributed by atoms with E-state index in [0.29, 0.717) is 12.4 Å². The van der Waals surface area contributed by atoms with Crippen molar-refractivity contribution in [1.29, 1.82) is 0 Å². The van der Waals surface area contributed by atoms with Crippen molar-refractivity contribution in [2.45, 2.75) is 24.6 Å². The summed E-state index contributed by atoms with van der Waals surface area (Å²) in [7, 11) is -6.54. The minimum Gasteiger partial charge on any atom is -0.380 e. The molecule has 4 N–H and O–H groups in total. The van der Waals surface area contributed by atoms with Crippen LogP contribution in [0.5, 0.6) is 0 Å². The van der Waals surface area contributed by atoms with Crippen LogP contribution in [0.4, 0.5) is 0 Å². The van der Waals surface area contributed by atoms with Crippen LogP contribution in [0.25, 0.3) is 0 Å². The number of phosphoric acid groups is 1. The Morgan fingerprint density at radius 3 is 2.44 bits per heavy atom. The highest BCUT2D eigenvalue weighted by Crippen LogP contribution is 2.65. The summed E-state index contributed by atoms with van der Waals surface area (Å²) in [5.74, 6) is -1.30. The van der Waals surface area contributed by atoms with Crippen LogP contribution < -0.4 is 0 Å². The third-order valence-corrected chi connectivity index (χ3v) is 9.36. The van der Waals surface area contributed by atoms with Crippen molar-refractivity contribution in [3.05, 3.63) is 0 Å². The second-order valence-electron chi connectivity index (χ2n) is 4.85. The Kier molecular flexibility index (Phi) is 9.73. The van der Waals surface area contributed by atoms with Gasteiger partial charge in [0, 0.05) is 6.00 Å². The van der Waals surface area contributed by atoms with Crippen LogP contribution in [-0.2, 0) is 32.0 Å². The van der Waals surface area contributed by atoms with Gasteiger partial charge in [-0.15, -0.1) is 0 Å². The molecule has 0 amide bonds. The molecule has 17 heteroatoms. The van der Waals surface area contributed by atoms with Gasteiger partial charge in [0.2, 0.25) is 0 Å². The largest absolute Gasteiger partial charge is 0.479 e. The van der Waals surface area contributed by atoms with Gasteiger partial charge in [0.25, 0.3) is 0 Å². The smallest absolute Gasteiger partial charge is 0.380 e. The minimum atomic E-state index is -5.07. The van der Waals surface area contributed by atoms with Crippen LogP contribution in [0.3, 0.4) is 0 Å². The van der Waals surface area contributed by atoms with Crippen LogP contribution in [0, 0.1) is 0 Å². The van der Waals surface area contributed by atoms with Crippen LogP contribution >= 0.6 is 44.6 Å². The van der Waals surface area contributed by atoms with Crippen molar-refractivity contribution >= 4 is 52.4 Å². The molecule has 146 valence electrons. The Labute approximate surface area is 153 Å². The molecule has 25 heavy (non-hydrogen) atoms. The van der Waals surface area contributed by atoms with E-state index in [1.807, 2.05) is 6.26 Å². The molecule has 1 aliphatic rings. The molecule has 1 saturated heterocycles. The number of hydrogen-bond donors (Lipinski definition) is 4. The molecule has 2 unspecified atom stereocenters. The summed E-state index contributed by atoms with van der Waals surface area (Å²) < 4.78 is 53.3. The predicted octanol–water partition coefficient (Wildman–Crippen LogP) is 1.08. The lowest BCUT2D eigenvalue weighted by molar-refractivity contribution is -0.0234. The maximum absolute atomic E-state index is 11.7. The van der Waals surface area contributed by atoms with Crippen molar-refractivity contribution < 1.29 is 51.6 Å². The molecule has 0 aromatic heterocycles. The average Bonchev–Trinajstić information content (AvgIpc) is 2.73. The summed E-state index contributed by atoms with van der Waals surface area (Å²) >= 11 is 0. The van der Waals surface area contributed by atoms with Gasteiger partial charge in [0.15, 0.2) is 5.90 Å². The third-order valence-electron chi connectivity index (χ3n) is 2.67. The van der Waals surface area contributed by atoms with E-state index in [0.717, 1.165) is 0 Å². The van der Waals surface area contributed by atoms with Crippen molar-refractivity contribution in [3.63, 3.8) is 0 Å². The molecule has 1 heterocycles. The monoisotopic (exact) mass is 458 g/mol. The van der Waals surface area contributed by atoms with Gasteiger partial charge in [-0.2, -0.15) is 0 Å². The number of phosphoric ester groups is 1. The fourth-order valence-electron chi connectivity index (χ4n) is 1.84. The fraction of sp³-hybridized carbons (Fsp3) is 1.00. The van der Waals surface area contributed by atoms with E-state index >= 15 is 0 Å². The molecule has 1 rings (SSSR count). The zero-order valence-corrected chi connectivity index (χ0v) is 17.3. The van der Waals surface area contributed by atoms with Crippen molar-refractivity contribution in [2.75, 3.05) is 24.7 Å². The highest BCUT2D eigenvalue weighted by atomic mass is 33.1. The molecule has 0 saturated carbocycles. The van der Waals surface area contributed by atoms with E-state index in [2.05, 4.69) is 8.83 Å². The summed E-state index contributed by atoms with van der Waals surface area (Å²) in [5, 5.41) is 0. The molecule has 0 aliphatic carbocycles. The maximum Gasteiger partial charge on any atom is 0.479 e. The van der Waals surface area contributed by atoms with Gasteiger partial charge in [0.1, 0.15) is 19.9 Å². The Hall–Kier alpha value is 1.13. The average molecular weight is 458 g/mol. The number of rotatable bonds is 11. The van der Waals surface area contributed by atoms with Gasteiger partial charge < -0.3 is 29.0 Å². The lowest BCUT2D eigenvalue weighted by atomic mass is 9.96. The van der Waals surface area contributed by atoms with Gasteiger partial charge in [-0.25, -0.2) is 8.88 Å². The topological polar surface area (TPSA) is 169 Å². The van der Waals surface area contributed by atoms with E-state index in [9.17, 15) is 23.5 Å². The van der Waals surface area contributed by atoms with Crippen molar-refractivity contribution in [2.24, 2.45) is 0 Å². The van der Waals surface area contributed by atoms with Gasteiger partial charge >= 0.3 is 23.0 Å². The molecule has 0 aromatic carbocycles. The van der Waals surface area contributed by atoms with E-state index in [4.69, 9.17) is 27.1 Å².